The molecule has 4 rings (SSSR count). The Morgan fingerprint density at radius 2 is 1.80 bits per heavy atom. The van der Waals surface area contributed by atoms with Crippen LogP contribution in [0.25, 0.3) is 11.5 Å². The molecular weight excluding hydrogens is 405 g/mol. The Morgan fingerprint density at radius 1 is 1.03 bits per heavy atom. The molecule has 3 aromatic carbocycles. The number of nitrogens with zero attached hydrogens (tertiary/aromatic N) is 2. The number of aromatic nitrogens is 2. The lowest BCUT2D eigenvalue weighted by molar-refractivity contribution is 0.340. The summed E-state index contributed by atoms with van der Waals surface area (Å²) >= 11 is 6.34. The summed E-state index contributed by atoms with van der Waals surface area (Å²) in [7, 11) is 0. The molecule has 0 fully saturated rings. The lowest BCUT2D eigenvalue weighted by Crippen LogP contribution is -2.13. The van der Waals surface area contributed by atoms with Crippen LogP contribution in [-0.4, -0.2) is 16.8 Å². The van der Waals surface area contributed by atoms with E-state index in [-0.39, 0.29) is 5.02 Å². The Kier molecular flexibility index (Phi) is 5.95. The molecule has 0 aliphatic carbocycles. The van der Waals surface area contributed by atoms with Crippen molar-refractivity contribution in [2.75, 3.05) is 11.9 Å². The average Bonchev–Trinajstić information content (AvgIpc) is 3.25. The molecule has 5 nitrogen and oxygen atoms in total. The Morgan fingerprint density at radius 3 is 2.50 bits per heavy atom. The van der Waals surface area contributed by atoms with Gasteiger partial charge in [-0.25, -0.2) is 4.39 Å². The summed E-state index contributed by atoms with van der Waals surface area (Å²) in [6, 6.07) is 20.6. The molecule has 1 N–H and O–H groups in total. The van der Waals surface area contributed by atoms with Crippen molar-refractivity contribution in [3.05, 3.63) is 95.1 Å². The lowest BCUT2D eigenvalue weighted by Gasteiger charge is -2.18. The number of hydrogen-bond acceptors (Lipinski definition) is 5. The summed E-state index contributed by atoms with van der Waals surface area (Å²) in [5.74, 6) is 1.06. The van der Waals surface area contributed by atoms with Gasteiger partial charge in [-0.15, -0.1) is 10.2 Å². The minimum absolute atomic E-state index is 0.262. The molecule has 0 aliphatic heterocycles. The van der Waals surface area contributed by atoms with Crippen LogP contribution >= 0.6 is 11.6 Å². The molecule has 0 spiro atoms. The normalized spacial score (nSPS) is 11.8. The van der Waals surface area contributed by atoms with Gasteiger partial charge in [0.25, 0.3) is 0 Å². The van der Waals surface area contributed by atoms with Crippen LogP contribution in [-0.2, 0) is 0 Å². The van der Waals surface area contributed by atoms with Crippen LogP contribution in [0.5, 0.6) is 5.75 Å². The van der Waals surface area contributed by atoms with Gasteiger partial charge in [-0.1, -0.05) is 35.9 Å². The number of rotatable bonds is 7. The quantitative estimate of drug-likeness (QED) is 0.387. The Balaban J connectivity index is 1.70. The van der Waals surface area contributed by atoms with E-state index in [0.717, 1.165) is 17.0 Å². The van der Waals surface area contributed by atoms with Crippen molar-refractivity contribution in [2.45, 2.75) is 13.0 Å². The Bertz CT molecular complexity index is 1120. The summed E-state index contributed by atoms with van der Waals surface area (Å²) in [5, 5.41) is 12.0. The predicted molar refractivity (Wildman–Crippen MR) is 114 cm³/mol. The van der Waals surface area contributed by atoms with Gasteiger partial charge in [0.05, 0.1) is 6.61 Å². The smallest absolute Gasteiger partial charge is 0.247 e. The second-order valence-corrected chi connectivity index (χ2v) is 6.92. The highest BCUT2D eigenvalue weighted by molar-refractivity contribution is 6.31. The maximum absolute atomic E-state index is 13.6. The third-order valence-electron chi connectivity index (χ3n) is 4.46. The number of benzene rings is 3. The van der Waals surface area contributed by atoms with Crippen LogP contribution in [0.2, 0.25) is 5.02 Å². The third kappa shape index (κ3) is 4.44. The fourth-order valence-corrected chi connectivity index (χ4v) is 3.31. The fraction of sp³-hybridized carbons (Fsp3) is 0.130. The van der Waals surface area contributed by atoms with E-state index in [9.17, 15) is 4.39 Å². The molecule has 1 heterocycles. The first-order chi connectivity index (χ1) is 14.6. The van der Waals surface area contributed by atoms with Crippen molar-refractivity contribution < 1.29 is 13.5 Å². The molecule has 1 aromatic heterocycles. The van der Waals surface area contributed by atoms with E-state index >= 15 is 0 Å². The van der Waals surface area contributed by atoms with Crippen molar-refractivity contribution >= 4 is 17.3 Å². The van der Waals surface area contributed by atoms with Crippen molar-refractivity contribution in [2.24, 2.45) is 0 Å². The summed E-state index contributed by atoms with van der Waals surface area (Å²) in [4.78, 5) is 0. The number of hydrogen-bond donors (Lipinski definition) is 1. The van der Waals surface area contributed by atoms with Crippen LogP contribution in [0.15, 0.2) is 77.2 Å². The van der Waals surface area contributed by atoms with E-state index < -0.39 is 11.9 Å². The van der Waals surface area contributed by atoms with Gasteiger partial charge in [-0.05, 0) is 55.5 Å². The van der Waals surface area contributed by atoms with E-state index in [2.05, 4.69) is 15.5 Å². The molecule has 152 valence electrons. The topological polar surface area (TPSA) is 60.2 Å². The highest BCUT2D eigenvalue weighted by atomic mass is 35.5. The molecule has 30 heavy (non-hydrogen) atoms. The van der Waals surface area contributed by atoms with Gasteiger partial charge in [0.15, 0.2) is 0 Å². The van der Waals surface area contributed by atoms with Crippen LogP contribution in [0.1, 0.15) is 24.4 Å². The summed E-state index contributed by atoms with van der Waals surface area (Å²) < 4.78 is 25.0. The predicted octanol–water partition coefficient (Wildman–Crippen LogP) is 6.13. The summed E-state index contributed by atoms with van der Waals surface area (Å²) in [5.41, 5.74) is 2.22. The van der Waals surface area contributed by atoms with Gasteiger partial charge in [-0.3, -0.25) is 0 Å². The van der Waals surface area contributed by atoms with E-state index in [1.54, 1.807) is 6.07 Å². The van der Waals surface area contributed by atoms with Crippen LogP contribution in [0.4, 0.5) is 10.1 Å². The molecule has 0 radical (unpaired) electrons. The number of halogens is 2. The molecule has 7 heteroatoms. The molecule has 0 amide bonds. The summed E-state index contributed by atoms with van der Waals surface area (Å²) in [6.07, 6.45) is 0. The van der Waals surface area contributed by atoms with Gasteiger partial charge in [0.1, 0.15) is 17.6 Å². The van der Waals surface area contributed by atoms with E-state index in [1.807, 2.05) is 61.5 Å². The molecule has 0 saturated carbocycles. The molecule has 0 bridgehead atoms. The molecule has 0 aliphatic rings. The first kappa shape index (κ1) is 19.9. The molecule has 1 unspecified atom stereocenters. The van der Waals surface area contributed by atoms with Crippen LogP contribution < -0.4 is 10.1 Å². The second-order valence-electron chi connectivity index (χ2n) is 6.51. The highest BCUT2D eigenvalue weighted by Gasteiger charge is 2.24. The minimum Gasteiger partial charge on any atom is -0.494 e. The van der Waals surface area contributed by atoms with Gasteiger partial charge < -0.3 is 14.5 Å². The largest absolute Gasteiger partial charge is 0.494 e. The highest BCUT2D eigenvalue weighted by Crippen LogP contribution is 2.33. The van der Waals surface area contributed by atoms with Crippen LogP contribution in [0.3, 0.4) is 0 Å². The van der Waals surface area contributed by atoms with Crippen molar-refractivity contribution in [1.29, 1.82) is 0 Å². The zero-order valence-electron chi connectivity index (χ0n) is 16.2. The maximum Gasteiger partial charge on any atom is 0.247 e. The van der Waals surface area contributed by atoms with E-state index in [1.165, 1.54) is 12.1 Å². The molecule has 0 saturated heterocycles. The Labute approximate surface area is 178 Å². The van der Waals surface area contributed by atoms with Gasteiger partial charge in [0, 0.05) is 21.8 Å². The van der Waals surface area contributed by atoms with E-state index in [4.69, 9.17) is 20.8 Å². The second kappa shape index (κ2) is 8.97. The van der Waals surface area contributed by atoms with E-state index in [0.29, 0.717) is 24.0 Å². The lowest BCUT2D eigenvalue weighted by atomic mass is 10.1. The number of anilines is 1. The van der Waals surface area contributed by atoms with Crippen molar-refractivity contribution in [3.63, 3.8) is 0 Å². The summed E-state index contributed by atoms with van der Waals surface area (Å²) in [6.45, 7) is 2.52. The molecule has 4 aromatic rings. The van der Waals surface area contributed by atoms with Crippen molar-refractivity contribution in [3.8, 4) is 17.2 Å². The fourth-order valence-electron chi connectivity index (χ4n) is 3.04. The molecular formula is C23H19ClFN3O2. The SMILES string of the molecule is CCOc1ccc(NC(c2nnc(-c3ccccc3)o2)c2ccc(F)cc2Cl)cc1. The average molecular weight is 424 g/mol. The third-order valence-corrected chi connectivity index (χ3v) is 4.79. The van der Waals surface area contributed by atoms with Crippen molar-refractivity contribution in [1.82, 2.24) is 10.2 Å². The first-order valence-corrected chi connectivity index (χ1v) is 9.85. The number of ether oxygens (including phenoxy) is 1. The minimum atomic E-state index is -0.569. The van der Waals surface area contributed by atoms with Gasteiger partial charge in [-0.2, -0.15) is 0 Å². The first-order valence-electron chi connectivity index (χ1n) is 9.47. The van der Waals surface area contributed by atoms with Gasteiger partial charge in [0.2, 0.25) is 11.8 Å². The molecule has 1 atom stereocenters. The zero-order valence-corrected chi connectivity index (χ0v) is 16.9. The number of nitrogens with one attached hydrogen (secondary N) is 1. The van der Waals surface area contributed by atoms with Gasteiger partial charge >= 0.3 is 0 Å². The van der Waals surface area contributed by atoms with Crippen LogP contribution in [0, 0.1) is 5.82 Å². The Hall–Kier alpha value is -3.38. The zero-order chi connectivity index (χ0) is 20.9. The maximum atomic E-state index is 13.6. The monoisotopic (exact) mass is 423 g/mol. The standard InChI is InChI=1S/C23H19ClFN3O2/c1-2-29-18-11-9-17(10-12-18)26-21(19-13-8-16(25)14-20(19)24)23-28-27-22(30-23)15-6-4-3-5-7-15/h3-14,21,26H,2H2,1H3.